The van der Waals surface area contributed by atoms with E-state index in [4.69, 9.17) is 19.9 Å². The molecule has 0 saturated carbocycles. The average molecular weight is 869 g/mol. The van der Waals surface area contributed by atoms with E-state index < -0.39 is 0 Å². The SMILES string of the molecule is c1ccc(-c2nc(-c3ccccc3)nc(-c3cc(-c4ccc5c(c4)c4ccccc4n5-c4ccccc4)c(-c4cccnc4)c(-c4ccc5c(c4)c4ccccc4n5-c4ccccc4)c3)n2)cc1. The van der Waals surface area contributed by atoms with Gasteiger partial charge in [-0.25, -0.2) is 15.0 Å². The summed E-state index contributed by atoms with van der Waals surface area (Å²) in [5.41, 5.74) is 15.8. The van der Waals surface area contributed by atoms with E-state index in [-0.39, 0.29) is 0 Å². The summed E-state index contributed by atoms with van der Waals surface area (Å²) >= 11 is 0. The molecule has 0 bridgehead atoms. The van der Waals surface area contributed by atoms with Crippen molar-refractivity contribution in [1.82, 2.24) is 29.1 Å². The quantitative estimate of drug-likeness (QED) is 0.153. The average Bonchev–Trinajstić information content (AvgIpc) is 3.94. The molecule has 68 heavy (non-hydrogen) atoms. The minimum Gasteiger partial charge on any atom is -0.309 e. The zero-order valence-electron chi connectivity index (χ0n) is 36.8. The number of fused-ring (bicyclic) bond motifs is 6. The molecule has 4 heterocycles. The molecule has 0 aliphatic heterocycles. The van der Waals surface area contributed by atoms with Gasteiger partial charge in [0.1, 0.15) is 0 Å². The fraction of sp³-hybridized carbons (Fsp3) is 0. The van der Waals surface area contributed by atoms with Crippen molar-refractivity contribution in [3.8, 4) is 78.9 Å². The van der Waals surface area contributed by atoms with Crippen molar-refractivity contribution >= 4 is 43.6 Å². The predicted octanol–water partition coefficient (Wildman–Crippen LogP) is 15.5. The lowest BCUT2D eigenvalue weighted by Gasteiger charge is -2.19. The zero-order valence-corrected chi connectivity index (χ0v) is 36.8. The molecule has 0 saturated heterocycles. The van der Waals surface area contributed by atoms with Gasteiger partial charge >= 0.3 is 0 Å². The van der Waals surface area contributed by atoms with Crippen LogP contribution in [0.1, 0.15) is 0 Å². The van der Waals surface area contributed by atoms with Gasteiger partial charge in [-0.15, -0.1) is 0 Å². The first-order valence-corrected chi connectivity index (χ1v) is 22.9. The van der Waals surface area contributed by atoms with Gasteiger partial charge in [-0.2, -0.15) is 0 Å². The van der Waals surface area contributed by atoms with Gasteiger partial charge in [-0.05, 0) is 107 Å². The summed E-state index contributed by atoms with van der Waals surface area (Å²) in [5, 5.41) is 4.70. The summed E-state index contributed by atoms with van der Waals surface area (Å²) in [6.45, 7) is 0. The van der Waals surface area contributed by atoms with E-state index in [0.717, 1.165) is 83.5 Å². The number of pyridine rings is 1. The molecule has 9 aromatic carbocycles. The Morgan fingerprint density at radius 3 is 1.13 bits per heavy atom. The molecule has 0 N–H and O–H groups in total. The van der Waals surface area contributed by atoms with Crippen molar-refractivity contribution in [2.75, 3.05) is 0 Å². The Morgan fingerprint density at radius 2 is 0.676 bits per heavy atom. The molecule has 6 heteroatoms. The maximum absolute atomic E-state index is 5.29. The molecule has 13 rings (SSSR count). The second-order valence-corrected chi connectivity index (χ2v) is 17.1. The number of hydrogen-bond acceptors (Lipinski definition) is 4. The van der Waals surface area contributed by atoms with Crippen molar-refractivity contribution in [2.45, 2.75) is 0 Å². The number of rotatable bonds is 8. The predicted molar refractivity (Wildman–Crippen MR) is 279 cm³/mol. The lowest BCUT2D eigenvalue weighted by atomic mass is 9.85. The van der Waals surface area contributed by atoms with E-state index in [1.807, 2.05) is 54.9 Å². The first-order valence-electron chi connectivity index (χ1n) is 22.9. The van der Waals surface area contributed by atoms with Crippen LogP contribution in [0.5, 0.6) is 0 Å². The molecular weight excluding hydrogens is 829 g/mol. The monoisotopic (exact) mass is 868 g/mol. The molecule has 0 fully saturated rings. The second-order valence-electron chi connectivity index (χ2n) is 17.1. The van der Waals surface area contributed by atoms with E-state index in [1.54, 1.807) is 0 Å². The summed E-state index contributed by atoms with van der Waals surface area (Å²) < 4.78 is 4.72. The number of hydrogen-bond donors (Lipinski definition) is 0. The molecule has 0 amide bonds. The Morgan fingerprint density at radius 1 is 0.279 bits per heavy atom. The van der Waals surface area contributed by atoms with E-state index in [1.165, 1.54) is 21.5 Å². The normalized spacial score (nSPS) is 11.5. The van der Waals surface area contributed by atoms with Gasteiger partial charge in [0.2, 0.25) is 0 Å². The molecule has 0 aliphatic rings. The summed E-state index contributed by atoms with van der Waals surface area (Å²) in [6.07, 6.45) is 3.82. The largest absolute Gasteiger partial charge is 0.309 e. The van der Waals surface area contributed by atoms with Crippen molar-refractivity contribution in [1.29, 1.82) is 0 Å². The van der Waals surface area contributed by atoms with Crippen molar-refractivity contribution in [3.63, 3.8) is 0 Å². The van der Waals surface area contributed by atoms with Crippen LogP contribution in [-0.2, 0) is 0 Å². The molecule has 6 nitrogen and oxygen atoms in total. The molecule has 318 valence electrons. The maximum Gasteiger partial charge on any atom is 0.164 e. The first-order chi connectivity index (χ1) is 33.7. The maximum atomic E-state index is 5.29. The fourth-order valence-corrected chi connectivity index (χ4v) is 9.98. The highest BCUT2D eigenvalue weighted by Crippen LogP contribution is 2.46. The molecule has 0 unspecified atom stereocenters. The van der Waals surface area contributed by atoms with Crippen LogP contribution < -0.4 is 0 Å². The fourth-order valence-electron chi connectivity index (χ4n) is 9.98. The van der Waals surface area contributed by atoms with E-state index in [0.29, 0.717) is 17.5 Å². The highest BCUT2D eigenvalue weighted by Gasteiger charge is 2.23. The number of nitrogens with zero attached hydrogens (tertiary/aromatic N) is 6. The Bertz CT molecular complexity index is 3760. The van der Waals surface area contributed by atoms with Crippen LogP contribution in [0.15, 0.2) is 243 Å². The molecule has 13 aromatic rings. The van der Waals surface area contributed by atoms with E-state index in [9.17, 15) is 0 Å². The molecule has 0 spiro atoms. The first kappa shape index (κ1) is 39.1. The van der Waals surface area contributed by atoms with Gasteiger partial charge in [-0.1, -0.05) is 152 Å². The number of benzene rings is 9. The summed E-state index contributed by atoms with van der Waals surface area (Å²) in [6, 6.07) is 81.4. The van der Waals surface area contributed by atoms with Gasteiger partial charge in [-0.3, -0.25) is 4.98 Å². The third-order valence-corrected chi connectivity index (χ3v) is 13.0. The van der Waals surface area contributed by atoms with Crippen molar-refractivity contribution in [2.24, 2.45) is 0 Å². The Balaban J connectivity index is 1.12. The molecular formula is C62H40N6. The Labute approximate surface area is 392 Å². The highest BCUT2D eigenvalue weighted by atomic mass is 15.0. The van der Waals surface area contributed by atoms with Gasteiger partial charge in [0.05, 0.1) is 22.1 Å². The summed E-state index contributed by atoms with van der Waals surface area (Å²) in [4.78, 5) is 20.4. The molecule has 4 aromatic heterocycles. The third-order valence-electron chi connectivity index (χ3n) is 13.0. The summed E-state index contributed by atoms with van der Waals surface area (Å²) in [5.74, 6) is 1.81. The molecule has 0 atom stereocenters. The standard InChI is InChI=1S/C62H40N6/c1-5-18-41(19-6-1)60-64-61(42-20-7-2-8-21-42)66-62(65-60)46-38-51(43-31-33-57-53(36-43)49-27-13-15-29-55(49)67(57)47-23-9-3-10-24-47)59(45-22-17-35-63-40-45)52(39-46)44-32-34-58-54(37-44)50-28-14-16-30-56(50)68(58)48-25-11-4-12-26-48/h1-40H. The molecule has 0 radical (unpaired) electrons. The van der Waals surface area contributed by atoms with E-state index in [2.05, 4.69) is 197 Å². The second kappa shape index (κ2) is 16.3. The van der Waals surface area contributed by atoms with Crippen LogP contribution in [0, 0.1) is 0 Å². The smallest absolute Gasteiger partial charge is 0.164 e. The van der Waals surface area contributed by atoms with Gasteiger partial charge in [0, 0.05) is 67.6 Å². The number of aromatic nitrogens is 6. The van der Waals surface area contributed by atoms with Crippen LogP contribution >= 0.6 is 0 Å². The van der Waals surface area contributed by atoms with E-state index >= 15 is 0 Å². The highest BCUT2D eigenvalue weighted by molar-refractivity contribution is 6.13. The lowest BCUT2D eigenvalue weighted by Crippen LogP contribution is -2.01. The van der Waals surface area contributed by atoms with Crippen LogP contribution in [0.2, 0.25) is 0 Å². The number of para-hydroxylation sites is 4. The van der Waals surface area contributed by atoms with Crippen molar-refractivity contribution in [3.05, 3.63) is 243 Å². The van der Waals surface area contributed by atoms with Crippen LogP contribution in [0.4, 0.5) is 0 Å². The summed E-state index contributed by atoms with van der Waals surface area (Å²) in [7, 11) is 0. The Kier molecular flexibility index (Phi) is 9.39. The Hall–Kier alpha value is -9.26. The van der Waals surface area contributed by atoms with Gasteiger partial charge < -0.3 is 9.13 Å². The zero-order chi connectivity index (χ0) is 45.0. The minimum atomic E-state index is 0.585. The van der Waals surface area contributed by atoms with Crippen LogP contribution in [0.25, 0.3) is 123 Å². The minimum absolute atomic E-state index is 0.585. The van der Waals surface area contributed by atoms with Crippen LogP contribution in [-0.4, -0.2) is 29.1 Å². The third kappa shape index (κ3) is 6.66. The van der Waals surface area contributed by atoms with Gasteiger partial charge in [0.15, 0.2) is 17.5 Å². The van der Waals surface area contributed by atoms with Crippen LogP contribution in [0.3, 0.4) is 0 Å². The lowest BCUT2D eigenvalue weighted by molar-refractivity contribution is 1.07. The topological polar surface area (TPSA) is 61.4 Å². The molecule has 0 aliphatic carbocycles. The van der Waals surface area contributed by atoms with Gasteiger partial charge in [0.25, 0.3) is 0 Å². The van der Waals surface area contributed by atoms with Crippen molar-refractivity contribution < 1.29 is 0 Å².